The summed E-state index contributed by atoms with van der Waals surface area (Å²) in [6.07, 6.45) is 1.86. The standard InChI is InChI=1S/C17H19NO/c1-2-12-18-17(19)16-10-8-15(9-11-16)13-14-6-4-3-5-7-14/h3-11H,2,12-13H2,1H3,(H,18,19). The summed E-state index contributed by atoms with van der Waals surface area (Å²) in [4.78, 5) is 11.8. The van der Waals surface area contributed by atoms with Gasteiger partial charge in [0.25, 0.3) is 5.91 Å². The van der Waals surface area contributed by atoms with Gasteiger partial charge in [-0.2, -0.15) is 0 Å². The summed E-state index contributed by atoms with van der Waals surface area (Å²) >= 11 is 0. The van der Waals surface area contributed by atoms with Gasteiger partial charge in [0.1, 0.15) is 0 Å². The summed E-state index contributed by atoms with van der Waals surface area (Å²) in [5.41, 5.74) is 3.23. The van der Waals surface area contributed by atoms with Crippen molar-refractivity contribution in [2.75, 3.05) is 6.54 Å². The molecule has 98 valence electrons. The highest BCUT2D eigenvalue weighted by atomic mass is 16.1. The van der Waals surface area contributed by atoms with Gasteiger partial charge in [-0.1, -0.05) is 49.4 Å². The number of hydrogen-bond donors (Lipinski definition) is 1. The smallest absolute Gasteiger partial charge is 0.251 e. The van der Waals surface area contributed by atoms with Crippen LogP contribution in [0, 0.1) is 0 Å². The van der Waals surface area contributed by atoms with Crippen LogP contribution in [0.3, 0.4) is 0 Å². The van der Waals surface area contributed by atoms with Crippen molar-refractivity contribution in [1.82, 2.24) is 5.32 Å². The van der Waals surface area contributed by atoms with E-state index in [0.29, 0.717) is 0 Å². The molecule has 0 radical (unpaired) electrons. The molecule has 0 aliphatic rings. The summed E-state index contributed by atoms with van der Waals surface area (Å²) in [7, 11) is 0. The lowest BCUT2D eigenvalue weighted by Gasteiger charge is -2.05. The van der Waals surface area contributed by atoms with Crippen LogP contribution in [0.5, 0.6) is 0 Å². The Hall–Kier alpha value is -2.09. The maximum atomic E-state index is 11.8. The van der Waals surface area contributed by atoms with Crippen LogP contribution in [-0.4, -0.2) is 12.5 Å². The molecule has 0 aliphatic heterocycles. The van der Waals surface area contributed by atoms with Crippen molar-refractivity contribution in [3.05, 3.63) is 71.3 Å². The maximum absolute atomic E-state index is 11.8. The minimum atomic E-state index is 0.00751. The first-order valence-corrected chi connectivity index (χ1v) is 6.70. The summed E-state index contributed by atoms with van der Waals surface area (Å²) in [6.45, 7) is 2.77. The minimum Gasteiger partial charge on any atom is -0.352 e. The van der Waals surface area contributed by atoms with Crippen LogP contribution >= 0.6 is 0 Å². The number of carbonyl (C=O) groups is 1. The predicted octanol–water partition coefficient (Wildman–Crippen LogP) is 3.42. The maximum Gasteiger partial charge on any atom is 0.251 e. The molecular weight excluding hydrogens is 234 g/mol. The minimum absolute atomic E-state index is 0.00751. The Labute approximate surface area is 114 Å². The van der Waals surface area contributed by atoms with Gasteiger partial charge in [0, 0.05) is 12.1 Å². The molecule has 0 atom stereocenters. The molecular formula is C17H19NO. The van der Waals surface area contributed by atoms with E-state index < -0.39 is 0 Å². The number of carbonyl (C=O) groups excluding carboxylic acids is 1. The average molecular weight is 253 g/mol. The molecule has 2 aromatic rings. The van der Waals surface area contributed by atoms with Crippen molar-refractivity contribution in [1.29, 1.82) is 0 Å². The van der Waals surface area contributed by atoms with Gasteiger partial charge in [0.2, 0.25) is 0 Å². The molecule has 0 heterocycles. The molecule has 0 bridgehead atoms. The zero-order valence-electron chi connectivity index (χ0n) is 11.2. The first-order valence-electron chi connectivity index (χ1n) is 6.70. The second kappa shape index (κ2) is 6.74. The van der Waals surface area contributed by atoms with E-state index in [1.807, 2.05) is 49.4 Å². The van der Waals surface area contributed by atoms with Crippen LogP contribution in [-0.2, 0) is 6.42 Å². The largest absolute Gasteiger partial charge is 0.352 e. The summed E-state index contributed by atoms with van der Waals surface area (Å²) in [5.74, 6) is 0.00751. The lowest BCUT2D eigenvalue weighted by Crippen LogP contribution is -2.23. The average Bonchev–Trinajstić information content (AvgIpc) is 2.46. The topological polar surface area (TPSA) is 29.1 Å². The zero-order chi connectivity index (χ0) is 13.5. The lowest BCUT2D eigenvalue weighted by atomic mass is 10.0. The van der Waals surface area contributed by atoms with Gasteiger partial charge < -0.3 is 5.32 Å². The van der Waals surface area contributed by atoms with Gasteiger partial charge in [-0.05, 0) is 36.1 Å². The van der Waals surface area contributed by atoms with E-state index in [-0.39, 0.29) is 5.91 Å². The Morgan fingerprint density at radius 1 is 0.947 bits per heavy atom. The molecule has 0 saturated heterocycles. The molecule has 2 aromatic carbocycles. The molecule has 0 aliphatic carbocycles. The second-order valence-corrected chi connectivity index (χ2v) is 4.62. The highest BCUT2D eigenvalue weighted by Gasteiger charge is 2.04. The molecule has 2 nitrogen and oxygen atoms in total. The van der Waals surface area contributed by atoms with Crippen molar-refractivity contribution in [2.45, 2.75) is 19.8 Å². The van der Waals surface area contributed by atoms with Crippen molar-refractivity contribution in [3.8, 4) is 0 Å². The fraction of sp³-hybridized carbons (Fsp3) is 0.235. The Bertz CT molecular complexity index is 517. The van der Waals surface area contributed by atoms with Crippen molar-refractivity contribution >= 4 is 5.91 Å². The number of amides is 1. The fourth-order valence-electron chi connectivity index (χ4n) is 1.95. The molecule has 2 heteroatoms. The van der Waals surface area contributed by atoms with E-state index in [2.05, 4.69) is 17.4 Å². The molecule has 0 spiro atoms. The van der Waals surface area contributed by atoms with Crippen LogP contribution in [0.2, 0.25) is 0 Å². The SMILES string of the molecule is CCCNC(=O)c1ccc(Cc2ccccc2)cc1. The third-order valence-electron chi connectivity index (χ3n) is 3.00. The second-order valence-electron chi connectivity index (χ2n) is 4.62. The van der Waals surface area contributed by atoms with Crippen molar-refractivity contribution in [2.24, 2.45) is 0 Å². The van der Waals surface area contributed by atoms with E-state index >= 15 is 0 Å². The van der Waals surface area contributed by atoms with Gasteiger partial charge in [0.15, 0.2) is 0 Å². The Kier molecular flexibility index (Phi) is 4.73. The summed E-state index contributed by atoms with van der Waals surface area (Å²) < 4.78 is 0. The van der Waals surface area contributed by atoms with E-state index in [4.69, 9.17) is 0 Å². The summed E-state index contributed by atoms with van der Waals surface area (Å²) in [6, 6.07) is 18.2. The molecule has 0 fully saturated rings. The molecule has 1 N–H and O–H groups in total. The molecule has 19 heavy (non-hydrogen) atoms. The highest BCUT2D eigenvalue weighted by Crippen LogP contribution is 2.10. The van der Waals surface area contributed by atoms with Crippen LogP contribution in [0.25, 0.3) is 0 Å². The van der Waals surface area contributed by atoms with Crippen LogP contribution in [0.1, 0.15) is 34.8 Å². The third kappa shape index (κ3) is 3.95. The summed E-state index contributed by atoms with van der Waals surface area (Å²) in [5, 5.41) is 2.88. The van der Waals surface area contributed by atoms with E-state index in [9.17, 15) is 4.79 Å². The third-order valence-corrected chi connectivity index (χ3v) is 3.00. The molecule has 1 amide bonds. The van der Waals surface area contributed by atoms with Gasteiger partial charge in [-0.15, -0.1) is 0 Å². The highest BCUT2D eigenvalue weighted by molar-refractivity contribution is 5.94. The predicted molar refractivity (Wildman–Crippen MR) is 78.3 cm³/mol. The lowest BCUT2D eigenvalue weighted by molar-refractivity contribution is 0.0953. The number of nitrogens with one attached hydrogen (secondary N) is 1. The zero-order valence-corrected chi connectivity index (χ0v) is 11.2. The van der Waals surface area contributed by atoms with Crippen molar-refractivity contribution < 1.29 is 4.79 Å². The normalized spacial score (nSPS) is 10.2. The number of benzene rings is 2. The van der Waals surface area contributed by atoms with Gasteiger partial charge in [-0.3, -0.25) is 4.79 Å². The number of rotatable bonds is 5. The van der Waals surface area contributed by atoms with Gasteiger partial charge in [0.05, 0.1) is 0 Å². The van der Waals surface area contributed by atoms with Crippen LogP contribution < -0.4 is 5.32 Å². The van der Waals surface area contributed by atoms with Gasteiger partial charge in [-0.25, -0.2) is 0 Å². The number of hydrogen-bond acceptors (Lipinski definition) is 1. The first-order chi connectivity index (χ1) is 9.29. The van der Waals surface area contributed by atoms with E-state index in [0.717, 1.165) is 24.9 Å². The Morgan fingerprint density at radius 2 is 1.58 bits per heavy atom. The first kappa shape index (κ1) is 13.3. The van der Waals surface area contributed by atoms with E-state index in [1.54, 1.807) is 0 Å². The van der Waals surface area contributed by atoms with E-state index in [1.165, 1.54) is 11.1 Å². The molecule has 0 aromatic heterocycles. The van der Waals surface area contributed by atoms with Gasteiger partial charge >= 0.3 is 0 Å². The molecule has 0 saturated carbocycles. The monoisotopic (exact) mass is 253 g/mol. The molecule has 2 rings (SSSR count). The Balaban J connectivity index is 2.00. The van der Waals surface area contributed by atoms with Crippen LogP contribution in [0.15, 0.2) is 54.6 Å². The Morgan fingerprint density at radius 3 is 2.21 bits per heavy atom. The van der Waals surface area contributed by atoms with Crippen molar-refractivity contribution in [3.63, 3.8) is 0 Å². The van der Waals surface area contributed by atoms with Crippen LogP contribution in [0.4, 0.5) is 0 Å². The molecule has 0 unspecified atom stereocenters. The fourth-order valence-corrected chi connectivity index (χ4v) is 1.95. The quantitative estimate of drug-likeness (QED) is 0.869.